The zero-order chi connectivity index (χ0) is 17.5. The third-order valence-electron chi connectivity index (χ3n) is 3.36. The minimum atomic E-state index is -3.74. The molecule has 9 heteroatoms. The maximum Gasteiger partial charge on any atom is 0.280 e. The summed E-state index contributed by atoms with van der Waals surface area (Å²) < 4.78 is 31.0. The summed E-state index contributed by atoms with van der Waals surface area (Å²) in [5.74, 6) is -1.08. The van der Waals surface area contributed by atoms with Gasteiger partial charge in [0.15, 0.2) is 15.8 Å². The Labute approximate surface area is 142 Å². The average Bonchev–Trinajstić information content (AvgIpc) is 2.60. The molecule has 0 spiro atoms. The fourth-order valence-corrected chi connectivity index (χ4v) is 4.07. The van der Waals surface area contributed by atoms with Crippen molar-refractivity contribution < 1.29 is 17.9 Å². The molecule has 0 atom stereocenters. The average molecular weight is 366 g/mol. The molecular formula is C15H12ClN3O4S. The molecule has 0 unspecified atom stereocenters. The van der Waals surface area contributed by atoms with Gasteiger partial charge in [0.25, 0.3) is 5.91 Å². The van der Waals surface area contributed by atoms with E-state index in [2.05, 4.69) is 4.99 Å². The first-order valence-electron chi connectivity index (χ1n) is 6.74. The lowest BCUT2D eigenvalue weighted by Gasteiger charge is -2.09. The van der Waals surface area contributed by atoms with Gasteiger partial charge in [-0.3, -0.25) is 4.79 Å². The van der Waals surface area contributed by atoms with E-state index in [1.165, 1.54) is 18.2 Å². The van der Waals surface area contributed by atoms with Gasteiger partial charge in [0.05, 0.1) is 10.8 Å². The summed E-state index contributed by atoms with van der Waals surface area (Å²) >= 11 is 6.09. The molecule has 0 saturated heterocycles. The highest BCUT2D eigenvalue weighted by Gasteiger charge is 2.29. The van der Waals surface area contributed by atoms with Crippen LogP contribution in [-0.2, 0) is 15.6 Å². The number of aliphatic imine (C=N–C) groups is 1. The van der Waals surface area contributed by atoms with Crippen LogP contribution in [0.5, 0.6) is 11.5 Å². The van der Waals surface area contributed by atoms with Crippen molar-refractivity contribution >= 4 is 33.3 Å². The van der Waals surface area contributed by atoms with Crippen molar-refractivity contribution in [2.45, 2.75) is 10.6 Å². The number of amides is 1. The lowest BCUT2D eigenvalue weighted by molar-refractivity contribution is 0.100. The van der Waals surface area contributed by atoms with E-state index in [4.69, 9.17) is 27.8 Å². The number of carbonyl (C=O) groups is 1. The van der Waals surface area contributed by atoms with E-state index >= 15 is 0 Å². The van der Waals surface area contributed by atoms with Crippen molar-refractivity contribution in [1.82, 2.24) is 0 Å². The number of rotatable bonds is 1. The van der Waals surface area contributed by atoms with Gasteiger partial charge in [0.1, 0.15) is 16.4 Å². The topological polar surface area (TPSA) is 125 Å². The van der Waals surface area contributed by atoms with E-state index in [-0.39, 0.29) is 27.7 Å². The fraction of sp³-hybridized carbons (Fsp3) is 0.0667. The summed E-state index contributed by atoms with van der Waals surface area (Å²) in [6.07, 6.45) is 0. The number of hydrogen-bond acceptors (Lipinski definition) is 4. The van der Waals surface area contributed by atoms with Gasteiger partial charge in [0, 0.05) is 11.1 Å². The van der Waals surface area contributed by atoms with Gasteiger partial charge < -0.3 is 16.2 Å². The van der Waals surface area contributed by atoms with Crippen molar-refractivity contribution in [2.75, 3.05) is 0 Å². The van der Waals surface area contributed by atoms with Crippen LogP contribution < -0.4 is 16.2 Å². The summed E-state index contributed by atoms with van der Waals surface area (Å²) in [5.41, 5.74) is 10.8. The van der Waals surface area contributed by atoms with Crippen LogP contribution in [0.1, 0.15) is 15.9 Å². The Bertz CT molecular complexity index is 982. The molecule has 2 aromatic rings. The monoisotopic (exact) mass is 365 g/mol. The molecule has 2 aromatic carbocycles. The molecule has 0 aliphatic carbocycles. The quantitative estimate of drug-likeness (QED) is 0.586. The summed E-state index contributed by atoms with van der Waals surface area (Å²) in [5, 5.41) is 0.302. The minimum Gasteiger partial charge on any atom is -0.454 e. The van der Waals surface area contributed by atoms with E-state index in [0.29, 0.717) is 10.6 Å². The first-order valence-corrected chi connectivity index (χ1v) is 8.77. The number of halogens is 1. The fourth-order valence-electron chi connectivity index (χ4n) is 2.32. The molecule has 3 rings (SSSR count). The lowest BCUT2D eigenvalue weighted by Crippen LogP contribution is -2.24. The molecule has 1 aliphatic rings. The van der Waals surface area contributed by atoms with Gasteiger partial charge >= 0.3 is 0 Å². The lowest BCUT2D eigenvalue weighted by atomic mass is 10.2. The van der Waals surface area contributed by atoms with Crippen LogP contribution in [0.25, 0.3) is 0 Å². The Kier molecular flexibility index (Phi) is 3.94. The summed E-state index contributed by atoms with van der Waals surface area (Å²) in [7, 11) is -3.74. The number of para-hydroxylation sites is 1. The van der Waals surface area contributed by atoms with Crippen molar-refractivity contribution in [3.05, 3.63) is 52.5 Å². The van der Waals surface area contributed by atoms with Gasteiger partial charge in [-0.25, -0.2) is 8.42 Å². The van der Waals surface area contributed by atoms with Gasteiger partial charge in [-0.2, -0.15) is 4.99 Å². The number of fused-ring (bicyclic) bond motifs is 2. The van der Waals surface area contributed by atoms with Gasteiger partial charge in [-0.05, 0) is 24.3 Å². The third kappa shape index (κ3) is 2.93. The van der Waals surface area contributed by atoms with E-state index in [1.54, 1.807) is 18.2 Å². The second-order valence-electron chi connectivity index (χ2n) is 5.09. The molecule has 0 fully saturated rings. The van der Waals surface area contributed by atoms with E-state index in [0.717, 1.165) is 0 Å². The van der Waals surface area contributed by atoms with Crippen LogP contribution in [0, 0.1) is 0 Å². The van der Waals surface area contributed by atoms with Crippen molar-refractivity contribution in [1.29, 1.82) is 0 Å². The number of guanidine groups is 1. The standard InChI is InChI=1S/C15H12ClN3O4S/c16-10-3-1-2-9-7-24(21,22)12-6-8(14(20)19-15(17)18)4-5-11(12)23-13(9)10/h1-6H,7H2,(H4,17,18,19,20). The zero-order valence-corrected chi connectivity index (χ0v) is 13.8. The van der Waals surface area contributed by atoms with Gasteiger partial charge in [0.2, 0.25) is 0 Å². The molecule has 0 saturated carbocycles. The normalized spacial score (nSPS) is 14.5. The SMILES string of the molecule is NC(N)=NC(=O)c1ccc2c(c1)S(=O)(=O)Cc1cccc(Cl)c1O2. The number of nitrogens with zero attached hydrogens (tertiary/aromatic N) is 1. The van der Waals surface area contributed by atoms with Crippen molar-refractivity contribution in [3.8, 4) is 11.5 Å². The summed E-state index contributed by atoms with van der Waals surface area (Å²) in [6, 6.07) is 8.82. The largest absolute Gasteiger partial charge is 0.454 e. The molecule has 1 amide bonds. The first kappa shape index (κ1) is 16.3. The van der Waals surface area contributed by atoms with Gasteiger partial charge in [-0.15, -0.1) is 0 Å². The number of hydrogen-bond donors (Lipinski definition) is 2. The first-order chi connectivity index (χ1) is 11.3. The molecule has 124 valence electrons. The highest BCUT2D eigenvalue weighted by molar-refractivity contribution is 7.90. The maximum atomic E-state index is 12.6. The smallest absolute Gasteiger partial charge is 0.280 e. The van der Waals surface area contributed by atoms with Crippen LogP contribution in [0.2, 0.25) is 5.02 Å². The Morgan fingerprint density at radius 1 is 1.21 bits per heavy atom. The predicted molar refractivity (Wildman–Crippen MR) is 89.0 cm³/mol. The molecule has 1 aliphatic heterocycles. The number of benzene rings is 2. The zero-order valence-electron chi connectivity index (χ0n) is 12.2. The Morgan fingerprint density at radius 2 is 1.96 bits per heavy atom. The van der Waals surface area contributed by atoms with Crippen LogP contribution in [0.3, 0.4) is 0 Å². The van der Waals surface area contributed by atoms with Crippen LogP contribution >= 0.6 is 11.6 Å². The number of nitrogens with two attached hydrogens (primary N) is 2. The van der Waals surface area contributed by atoms with Crippen LogP contribution in [-0.4, -0.2) is 20.3 Å². The van der Waals surface area contributed by atoms with E-state index in [1.807, 2.05) is 0 Å². The second-order valence-corrected chi connectivity index (χ2v) is 7.46. The van der Waals surface area contributed by atoms with Crippen molar-refractivity contribution in [3.63, 3.8) is 0 Å². The molecule has 0 bridgehead atoms. The molecule has 7 nitrogen and oxygen atoms in total. The Morgan fingerprint density at radius 3 is 2.67 bits per heavy atom. The molecule has 0 radical (unpaired) electrons. The molecular weight excluding hydrogens is 354 g/mol. The van der Waals surface area contributed by atoms with Crippen molar-refractivity contribution in [2.24, 2.45) is 16.5 Å². The summed E-state index contributed by atoms with van der Waals surface area (Å²) in [4.78, 5) is 15.2. The van der Waals surface area contributed by atoms with E-state index < -0.39 is 21.7 Å². The third-order valence-corrected chi connectivity index (χ3v) is 5.34. The highest BCUT2D eigenvalue weighted by atomic mass is 35.5. The summed E-state index contributed by atoms with van der Waals surface area (Å²) in [6.45, 7) is 0. The number of sulfone groups is 1. The van der Waals surface area contributed by atoms with Crippen LogP contribution in [0.4, 0.5) is 0 Å². The minimum absolute atomic E-state index is 0.0337. The molecule has 24 heavy (non-hydrogen) atoms. The maximum absolute atomic E-state index is 12.6. The van der Waals surface area contributed by atoms with Gasteiger partial charge in [-0.1, -0.05) is 23.7 Å². The second kappa shape index (κ2) is 5.81. The highest BCUT2D eigenvalue weighted by Crippen LogP contribution is 2.41. The van der Waals surface area contributed by atoms with E-state index in [9.17, 15) is 13.2 Å². The number of carbonyl (C=O) groups excluding carboxylic acids is 1. The molecule has 1 heterocycles. The Hall–Kier alpha value is -2.58. The van der Waals surface area contributed by atoms with Crippen LogP contribution in [0.15, 0.2) is 46.3 Å². The molecule has 4 N–H and O–H groups in total. The number of ether oxygens (including phenoxy) is 1. The molecule has 0 aromatic heterocycles. The predicted octanol–water partition coefficient (Wildman–Crippen LogP) is 1.83. The Balaban J connectivity index is 2.16.